The molecule has 0 radical (unpaired) electrons. The fourth-order valence-electron chi connectivity index (χ4n) is 3.26. The normalized spacial score (nSPS) is 15.0. The lowest BCUT2D eigenvalue weighted by Gasteiger charge is -2.34. The molecule has 1 heterocycles. The Hall–Kier alpha value is -1.26. The first-order chi connectivity index (χ1) is 13.7. The van der Waals surface area contributed by atoms with E-state index in [1.54, 1.807) is 21.3 Å². The van der Waals surface area contributed by atoms with E-state index < -0.39 is 0 Å². The number of ether oxygens (including phenoxy) is 4. The maximum Gasteiger partial charge on any atom is 0.194 e. The third kappa shape index (κ3) is 8.55. The molecule has 1 aliphatic heterocycles. The Balaban J connectivity index is 0.00000420. The van der Waals surface area contributed by atoms with E-state index in [9.17, 15) is 0 Å². The number of piperidine rings is 1. The molecular formula is C21H36IN3O4. The van der Waals surface area contributed by atoms with Crippen molar-refractivity contribution in [3.8, 4) is 11.5 Å². The molecule has 0 atom stereocenters. The number of nitrogens with zero attached hydrogens (tertiary/aromatic N) is 2. The Morgan fingerprint density at radius 2 is 1.90 bits per heavy atom. The zero-order valence-electron chi connectivity index (χ0n) is 18.1. The van der Waals surface area contributed by atoms with Crippen LogP contribution in [0.1, 0.15) is 31.7 Å². The van der Waals surface area contributed by atoms with Gasteiger partial charge in [0.15, 0.2) is 5.96 Å². The number of aliphatic imine (C=N–C) groups is 1. The van der Waals surface area contributed by atoms with Crippen LogP contribution in [0.2, 0.25) is 0 Å². The summed E-state index contributed by atoms with van der Waals surface area (Å²) in [4.78, 5) is 7.15. The van der Waals surface area contributed by atoms with Gasteiger partial charge in [0, 0.05) is 51.6 Å². The van der Waals surface area contributed by atoms with Gasteiger partial charge in [-0.2, -0.15) is 0 Å². The highest BCUT2D eigenvalue weighted by Gasteiger charge is 2.22. The predicted octanol–water partition coefficient (Wildman–Crippen LogP) is 3.30. The lowest BCUT2D eigenvalue weighted by Crippen LogP contribution is -2.47. The minimum Gasteiger partial charge on any atom is -0.497 e. The lowest BCUT2D eigenvalue weighted by atomic mass is 10.1. The molecule has 0 saturated carbocycles. The van der Waals surface area contributed by atoms with E-state index in [0.717, 1.165) is 75.1 Å². The van der Waals surface area contributed by atoms with Crippen molar-refractivity contribution in [1.82, 2.24) is 10.2 Å². The molecule has 2 rings (SSSR count). The van der Waals surface area contributed by atoms with Gasteiger partial charge in [0.05, 0.1) is 26.9 Å². The molecule has 0 aliphatic carbocycles. The van der Waals surface area contributed by atoms with Crippen molar-refractivity contribution in [2.45, 2.75) is 38.8 Å². The summed E-state index contributed by atoms with van der Waals surface area (Å²) in [7, 11) is 5.05. The Bertz CT molecular complexity index is 608. The van der Waals surface area contributed by atoms with Crippen LogP contribution in [0.4, 0.5) is 0 Å². The van der Waals surface area contributed by atoms with Gasteiger partial charge in [-0.1, -0.05) is 0 Å². The van der Waals surface area contributed by atoms with Crippen LogP contribution in [0, 0.1) is 0 Å². The van der Waals surface area contributed by atoms with Crippen molar-refractivity contribution in [3.05, 3.63) is 23.8 Å². The fraction of sp³-hybridized carbons (Fsp3) is 0.667. The monoisotopic (exact) mass is 521 g/mol. The molecule has 1 aromatic carbocycles. The molecule has 0 aromatic heterocycles. The van der Waals surface area contributed by atoms with Crippen LogP contribution in [0.25, 0.3) is 0 Å². The average molecular weight is 521 g/mol. The third-order valence-electron chi connectivity index (χ3n) is 4.82. The lowest BCUT2D eigenvalue weighted by molar-refractivity contribution is 0.00990. The molecule has 8 heteroatoms. The molecule has 0 bridgehead atoms. The van der Waals surface area contributed by atoms with Gasteiger partial charge in [-0.05, 0) is 38.3 Å². The molecule has 1 saturated heterocycles. The minimum absolute atomic E-state index is 0. The molecule has 0 spiro atoms. The molecule has 0 amide bonds. The first kappa shape index (κ1) is 25.8. The van der Waals surface area contributed by atoms with E-state index in [-0.39, 0.29) is 24.0 Å². The Kier molecular flexibility index (Phi) is 13.0. The van der Waals surface area contributed by atoms with Crippen LogP contribution in [0.5, 0.6) is 11.5 Å². The summed E-state index contributed by atoms with van der Waals surface area (Å²) in [6, 6.07) is 5.84. The number of hydrogen-bond acceptors (Lipinski definition) is 5. The maximum absolute atomic E-state index is 5.96. The van der Waals surface area contributed by atoms with Gasteiger partial charge in [0.25, 0.3) is 0 Å². The Labute approximate surface area is 192 Å². The van der Waals surface area contributed by atoms with Crippen molar-refractivity contribution in [3.63, 3.8) is 0 Å². The number of rotatable bonds is 10. The summed E-state index contributed by atoms with van der Waals surface area (Å²) >= 11 is 0. The smallest absolute Gasteiger partial charge is 0.194 e. The quantitative estimate of drug-likeness (QED) is 0.221. The topological polar surface area (TPSA) is 64.6 Å². The molecule has 29 heavy (non-hydrogen) atoms. The summed E-state index contributed by atoms with van der Waals surface area (Å²) in [5.74, 6) is 2.52. The van der Waals surface area contributed by atoms with Gasteiger partial charge in [-0.3, -0.25) is 0 Å². The number of hydrogen-bond donors (Lipinski definition) is 1. The maximum atomic E-state index is 5.96. The summed E-state index contributed by atoms with van der Waals surface area (Å²) in [6.45, 7) is 6.90. The van der Waals surface area contributed by atoms with Crippen LogP contribution in [0.15, 0.2) is 23.2 Å². The highest BCUT2D eigenvalue weighted by atomic mass is 127. The molecule has 0 unspecified atom stereocenters. The van der Waals surface area contributed by atoms with Crippen LogP contribution < -0.4 is 14.8 Å². The Morgan fingerprint density at radius 3 is 2.52 bits per heavy atom. The van der Waals surface area contributed by atoms with Crippen LogP contribution in [-0.4, -0.2) is 71.1 Å². The van der Waals surface area contributed by atoms with E-state index in [2.05, 4.69) is 17.1 Å². The second-order valence-corrected chi connectivity index (χ2v) is 6.75. The van der Waals surface area contributed by atoms with E-state index in [4.69, 9.17) is 23.9 Å². The summed E-state index contributed by atoms with van der Waals surface area (Å²) < 4.78 is 21.8. The molecular weight excluding hydrogens is 485 g/mol. The summed E-state index contributed by atoms with van der Waals surface area (Å²) in [5.41, 5.74) is 1.04. The highest BCUT2D eigenvalue weighted by Crippen LogP contribution is 2.25. The minimum atomic E-state index is 0. The van der Waals surface area contributed by atoms with Crippen LogP contribution in [-0.2, 0) is 16.0 Å². The standard InChI is InChI=1S/C21H35N3O4.HI/c1-5-22-21(23-16-17-7-8-19(26-3)15-20(17)27-4)24-11-9-18(10-12-24)28-14-6-13-25-2;/h7-8,15,18H,5-6,9-14,16H2,1-4H3,(H,22,23);1H. The van der Waals surface area contributed by atoms with Crippen LogP contribution in [0.3, 0.4) is 0 Å². The molecule has 166 valence electrons. The number of benzene rings is 1. The van der Waals surface area contributed by atoms with E-state index in [1.165, 1.54) is 0 Å². The van der Waals surface area contributed by atoms with E-state index >= 15 is 0 Å². The average Bonchev–Trinajstić information content (AvgIpc) is 2.74. The van der Waals surface area contributed by atoms with Gasteiger partial charge >= 0.3 is 0 Å². The van der Waals surface area contributed by atoms with Crippen molar-refractivity contribution in [2.75, 3.05) is 54.2 Å². The number of methoxy groups -OCH3 is 3. The van der Waals surface area contributed by atoms with Crippen molar-refractivity contribution < 1.29 is 18.9 Å². The second-order valence-electron chi connectivity index (χ2n) is 6.75. The largest absolute Gasteiger partial charge is 0.497 e. The van der Waals surface area contributed by atoms with Gasteiger partial charge in [-0.15, -0.1) is 24.0 Å². The molecule has 7 nitrogen and oxygen atoms in total. The Morgan fingerprint density at radius 1 is 1.14 bits per heavy atom. The van der Waals surface area contributed by atoms with Gasteiger partial charge in [0.1, 0.15) is 11.5 Å². The third-order valence-corrected chi connectivity index (χ3v) is 4.82. The number of halogens is 1. The zero-order valence-corrected chi connectivity index (χ0v) is 20.4. The first-order valence-corrected chi connectivity index (χ1v) is 10.1. The first-order valence-electron chi connectivity index (χ1n) is 10.1. The molecule has 1 fully saturated rings. The number of guanidine groups is 1. The van der Waals surface area contributed by atoms with Crippen LogP contribution >= 0.6 is 24.0 Å². The van der Waals surface area contributed by atoms with Gasteiger partial charge in [-0.25, -0.2) is 4.99 Å². The highest BCUT2D eigenvalue weighted by molar-refractivity contribution is 14.0. The molecule has 1 aromatic rings. The van der Waals surface area contributed by atoms with Crippen molar-refractivity contribution in [1.29, 1.82) is 0 Å². The summed E-state index contributed by atoms with van der Waals surface area (Å²) in [6.07, 6.45) is 3.31. The fourth-order valence-corrected chi connectivity index (χ4v) is 3.26. The number of nitrogens with one attached hydrogen (secondary N) is 1. The van der Waals surface area contributed by atoms with E-state index in [1.807, 2.05) is 18.2 Å². The molecule has 1 aliphatic rings. The molecule has 1 N–H and O–H groups in total. The van der Waals surface area contributed by atoms with E-state index in [0.29, 0.717) is 12.6 Å². The number of likely N-dealkylation sites (tertiary alicyclic amines) is 1. The summed E-state index contributed by atoms with van der Waals surface area (Å²) in [5, 5.41) is 3.41. The predicted molar refractivity (Wildman–Crippen MR) is 127 cm³/mol. The zero-order chi connectivity index (χ0) is 20.2. The van der Waals surface area contributed by atoms with Crippen molar-refractivity contribution >= 4 is 29.9 Å². The van der Waals surface area contributed by atoms with Gasteiger partial charge < -0.3 is 29.2 Å². The SMILES string of the molecule is CCNC(=NCc1ccc(OC)cc1OC)N1CCC(OCCCOC)CC1.I. The second kappa shape index (κ2) is 14.7. The van der Waals surface area contributed by atoms with Gasteiger partial charge in [0.2, 0.25) is 0 Å². The van der Waals surface area contributed by atoms with Crippen molar-refractivity contribution in [2.24, 2.45) is 4.99 Å².